The van der Waals surface area contributed by atoms with E-state index >= 15 is 0 Å². The number of aryl methyl sites for hydroxylation is 1. The fourth-order valence-electron chi connectivity index (χ4n) is 1.83. The first-order chi connectivity index (χ1) is 10.4. The van der Waals surface area contributed by atoms with Crippen LogP contribution >= 0.6 is 0 Å². The molecule has 106 valence electrons. The van der Waals surface area contributed by atoms with Crippen molar-refractivity contribution in [3.63, 3.8) is 0 Å². The first-order valence-electron chi connectivity index (χ1n) is 7.20. The maximum atomic E-state index is 5.58. The van der Waals surface area contributed by atoms with E-state index in [-0.39, 0.29) is 0 Å². The van der Waals surface area contributed by atoms with Gasteiger partial charge in [0.2, 0.25) is 0 Å². The second kappa shape index (κ2) is 8.60. The van der Waals surface area contributed by atoms with Crippen LogP contribution in [0.5, 0.6) is 11.5 Å². The molecule has 0 aliphatic carbocycles. The molecule has 0 bridgehead atoms. The summed E-state index contributed by atoms with van der Waals surface area (Å²) in [6.07, 6.45) is 1.14. The Balaban J connectivity index is 0.000000173. The summed E-state index contributed by atoms with van der Waals surface area (Å²) < 4.78 is 5.58. The maximum absolute atomic E-state index is 5.58. The van der Waals surface area contributed by atoms with E-state index in [1.54, 1.807) is 0 Å². The second-order valence-electron chi connectivity index (χ2n) is 4.57. The molecule has 0 saturated carbocycles. The predicted molar refractivity (Wildman–Crippen MR) is 88.8 cm³/mol. The number of hydrogen-bond donors (Lipinski definition) is 0. The van der Waals surface area contributed by atoms with E-state index in [9.17, 15) is 0 Å². The van der Waals surface area contributed by atoms with Crippen LogP contribution in [0.2, 0.25) is 0 Å². The first-order valence-corrected chi connectivity index (χ1v) is 7.20. The Morgan fingerprint density at radius 3 is 1.29 bits per heavy atom. The van der Waals surface area contributed by atoms with Crippen LogP contribution in [0.4, 0.5) is 0 Å². The summed E-state index contributed by atoms with van der Waals surface area (Å²) in [6, 6.07) is 30.0. The molecule has 3 aromatic rings. The average molecular weight is 276 g/mol. The Kier molecular flexibility index (Phi) is 6.08. The lowest BCUT2D eigenvalue weighted by molar-refractivity contribution is 0.482. The monoisotopic (exact) mass is 276 g/mol. The Morgan fingerprint density at radius 1 is 0.571 bits per heavy atom. The highest BCUT2D eigenvalue weighted by Gasteiger charge is 1.92. The lowest BCUT2D eigenvalue weighted by atomic mass is 10.2. The minimum absolute atomic E-state index is 0.869. The van der Waals surface area contributed by atoms with Gasteiger partial charge in [-0.15, -0.1) is 0 Å². The summed E-state index contributed by atoms with van der Waals surface area (Å²) in [5, 5.41) is 0. The topological polar surface area (TPSA) is 9.23 Å². The fraction of sp³-hybridized carbons (Fsp3) is 0.100. The zero-order chi connectivity index (χ0) is 14.8. The lowest BCUT2D eigenvalue weighted by Crippen LogP contribution is -1.81. The van der Waals surface area contributed by atoms with Gasteiger partial charge in [-0.05, 0) is 36.2 Å². The maximum Gasteiger partial charge on any atom is 0.127 e. The number of para-hydroxylation sites is 2. The van der Waals surface area contributed by atoms with E-state index in [2.05, 4.69) is 31.2 Å². The third-order valence-electron chi connectivity index (χ3n) is 2.97. The molecule has 3 rings (SSSR count). The van der Waals surface area contributed by atoms with Gasteiger partial charge in [-0.1, -0.05) is 73.7 Å². The van der Waals surface area contributed by atoms with Gasteiger partial charge in [-0.3, -0.25) is 0 Å². The molecule has 21 heavy (non-hydrogen) atoms. The molecule has 0 N–H and O–H groups in total. The van der Waals surface area contributed by atoms with Crippen LogP contribution in [0.15, 0.2) is 91.0 Å². The highest BCUT2D eigenvalue weighted by atomic mass is 16.5. The van der Waals surface area contributed by atoms with Crippen LogP contribution in [-0.2, 0) is 6.42 Å². The van der Waals surface area contributed by atoms with Gasteiger partial charge in [0, 0.05) is 0 Å². The molecule has 0 fully saturated rings. The lowest BCUT2D eigenvalue weighted by Gasteiger charge is -2.03. The van der Waals surface area contributed by atoms with E-state index in [1.807, 2.05) is 66.7 Å². The molecule has 0 radical (unpaired) electrons. The fourth-order valence-corrected chi connectivity index (χ4v) is 1.83. The van der Waals surface area contributed by atoms with Gasteiger partial charge in [0.15, 0.2) is 0 Å². The molecule has 0 spiro atoms. The van der Waals surface area contributed by atoms with Crippen molar-refractivity contribution in [1.82, 2.24) is 0 Å². The van der Waals surface area contributed by atoms with Crippen molar-refractivity contribution in [1.29, 1.82) is 0 Å². The molecular weight excluding hydrogens is 256 g/mol. The molecule has 0 aromatic heterocycles. The molecule has 0 aliphatic rings. The summed E-state index contributed by atoms with van der Waals surface area (Å²) >= 11 is 0. The number of ether oxygens (including phenoxy) is 1. The van der Waals surface area contributed by atoms with E-state index in [4.69, 9.17) is 4.74 Å². The third-order valence-corrected chi connectivity index (χ3v) is 2.97. The highest BCUT2D eigenvalue weighted by molar-refractivity contribution is 5.30. The van der Waals surface area contributed by atoms with Crippen molar-refractivity contribution >= 4 is 0 Å². The van der Waals surface area contributed by atoms with Gasteiger partial charge >= 0.3 is 0 Å². The molecule has 1 heteroatoms. The number of hydrogen-bond acceptors (Lipinski definition) is 1. The Hall–Kier alpha value is -2.54. The van der Waals surface area contributed by atoms with E-state index < -0.39 is 0 Å². The molecule has 0 heterocycles. The number of rotatable bonds is 3. The summed E-state index contributed by atoms with van der Waals surface area (Å²) in [7, 11) is 0. The molecule has 3 aromatic carbocycles. The molecule has 1 nitrogen and oxygen atoms in total. The summed E-state index contributed by atoms with van der Waals surface area (Å²) in [6.45, 7) is 2.16. The van der Waals surface area contributed by atoms with Crippen molar-refractivity contribution in [2.24, 2.45) is 0 Å². The molecule has 0 amide bonds. The molecular formula is C20H20O. The predicted octanol–water partition coefficient (Wildman–Crippen LogP) is 5.73. The van der Waals surface area contributed by atoms with E-state index in [0.29, 0.717) is 0 Å². The van der Waals surface area contributed by atoms with Gasteiger partial charge in [-0.2, -0.15) is 0 Å². The molecule has 0 unspecified atom stereocenters. The SMILES string of the molecule is CCc1ccccc1.c1ccc(Oc2ccccc2)cc1. The van der Waals surface area contributed by atoms with E-state index in [0.717, 1.165) is 17.9 Å². The van der Waals surface area contributed by atoms with Gasteiger partial charge in [-0.25, -0.2) is 0 Å². The van der Waals surface area contributed by atoms with Crippen LogP contribution in [0.3, 0.4) is 0 Å². The number of benzene rings is 3. The zero-order valence-corrected chi connectivity index (χ0v) is 12.3. The molecule has 0 aliphatic heterocycles. The molecule has 0 atom stereocenters. The van der Waals surface area contributed by atoms with Crippen LogP contribution in [0.1, 0.15) is 12.5 Å². The standard InChI is InChI=1S/C12H10O.C8H10/c1-3-7-11(8-4-1)13-12-9-5-2-6-10-12;1-2-8-6-4-3-5-7-8/h1-10H;3-7H,2H2,1H3. The van der Waals surface area contributed by atoms with Gasteiger partial charge in [0.1, 0.15) is 11.5 Å². The van der Waals surface area contributed by atoms with E-state index in [1.165, 1.54) is 5.56 Å². The summed E-state index contributed by atoms with van der Waals surface area (Å²) in [5.41, 5.74) is 1.41. The van der Waals surface area contributed by atoms with Crippen molar-refractivity contribution in [2.45, 2.75) is 13.3 Å². The third kappa shape index (κ3) is 5.53. The minimum Gasteiger partial charge on any atom is -0.457 e. The van der Waals surface area contributed by atoms with Gasteiger partial charge in [0.25, 0.3) is 0 Å². The Morgan fingerprint density at radius 2 is 0.952 bits per heavy atom. The first kappa shape index (κ1) is 14.9. The smallest absolute Gasteiger partial charge is 0.127 e. The minimum atomic E-state index is 0.869. The van der Waals surface area contributed by atoms with Gasteiger partial charge in [0.05, 0.1) is 0 Å². The highest BCUT2D eigenvalue weighted by Crippen LogP contribution is 2.19. The van der Waals surface area contributed by atoms with Crippen LogP contribution in [-0.4, -0.2) is 0 Å². The van der Waals surface area contributed by atoms with Crippen molar-refractivity contribution < 1.29 is 4.74 Å². The van der Waals surface area contributed by atoms with Crippen molar-refractivity contribution in [3.05, 3.63) is 96.6 Å². The van der Waals surface area contributed by atoms with Crippen molar-refractivity contribution in [3.8, 4) is 11.5 Å². The Labute approximate surface area is 126 Å². The average Bonchev–Trinajstić information content (AvgIpc) is 2.58. The normalized spacial score (nSPS) is 9.38. The zero-order valence-electron chi connectivity index (χ0n) is 12.3. The van der Waals surface area contributed by atoms with Crippen LogP contribution in [0, 0.1) is 0 Å². The summed E-state index contributed by atoms with van der Waals surface area (Å²) in [5.74, 6) is 1.74. The quantitative estimate of drug-likeness (QED) is 0.593. The van der Waals surface area contributed by atoms with Crippen LogP contribution in [0.25, 0.3) is 0 Å². The van der Waals surface area contributed by atoms with Gasteiger partial charge < -0.3 is 4.74 Å². The van der Waals surface area contributed by atoms with Crippen molar-refractivity contribution in [2.75, 3.05) is 0 Å². The summed E-state index contributed by atoms with van der Waals surface area (Å²) in [4.78, 5) is 0. The Bertz CT molecular complexity index is 566. The largest absolute Gasteiger partial charge is 0.457 e. The molecule has 0 saturated heterocycles. The second-order valence-corrected chi connectivity index (χ2v) is 4.57. The van der Waals surface area contributed by atoms with Crippen LogP contribution < -0.4 is 4.74 Å².